The first-order valence-electron chi connectivity index (χ1n) is 7.53. The Labute approximate surface area is 165 Å². The lowest BCUT2D eigenvalue weighted by molar-refractivity contribution is 0.417. The average molecular weight is 426 g/mol. The SMILES string of the molecule is COc1ccccc1NS(=O)(=O)c1ccc(-n2ncc(Cl)c(Cl)c2=O)cc1. The van der Waals surface area contributed by atoms with Crippen LogP contribution in [-0.2, 0) is 10.0 Å². The average Bonchev–Trinajstić information content (AvgIpc) is 2.66. The van der Waals surface area contributed by atoms with Gasteiger partial charge in [-0.3, -0.25) is 9.52 Å². The van der Waals surface area contributed by atoms with Crippen LogP contribution in [0.4, 0.5) is 5.69 Å². The van der Waals surface area contributed by atoms with E-state index >= 15 is 0 Å². The number of hydrogen-bond acceptors (Lipinski definition) is 5. The largest absolute Gasteiger partial charge is 0.495 e. The summed E-state index contributed by atoms with van der Waals surface area (Å²) in [5.41, 5.74) is 0.0492. The van der Waals surface area contributed by atoms with E-state index in [0.29, 0.717) is 17.1 Å². The Hall–Kier alpha value is -2.55. The molecule has 0 unspecified atom stereocenters. The number of nitrogens with zero attached hydrogens (tertiary/aromatic N) is 2. The second-order valence-electron chi connectivity index (χ2n) is 5.32. The molecule has 0 atom stereocenters. The fourth-order valence-electron chi connectivity index (χ4n) is 2.30. The van der Waals surface area contributed by atoms with Gasteiger partial charge in [0.25, 0.3) is 15.6 Å². The number of ether oxygens (including phenoxy) is 1. The summed E-state index contributed by atoms with van der Waals surface area (Å²) in [4.78, 5) is 12.1. The van der Waals surface area contributed by atoms with Gasteiger partial charge >= 0.3 is 0 Å². The molecule has 0 saturated carbocycles. The molecular weight excluding hydrogens is 413 g/mol. The lowest BCUT2D eigenvalue weighted by Gasteiger charge is -2.12. The van der Waals surface area contributed by atoms with E-state index in [2.05, 4.69) is 9.82 Å². The molecule has 2 aromatic carbocycles. The van der Waals surface area contributed by atoms with E-state index in [0.717, 1.165) is 4.68 Å². The van der Waals surface area contributed by atoms with Crippen LogP contribution in [0.2, 0.25) is 10.0 Å². The summed E-state index contributed by atoms with van der Waals surface area (Å²) in [6.45, 7) is 0. The van der Waals surface area contributed by atoms with E-state index in [4.69, 9.17) is 27.9 Å². The van der Waals surface area contributed by atoms with Crippen molar-refractivity contribution in [3.05, 3.63) is 75.1 Å². The third-order valence-electron chi connectivity index (χ3n) is 3.62. The van der Waals surface area contributed by atoms with Crippen LogP contribution in [0.15, 0.2) is 64.4 Å². The number of rotatable bonds is 5. The van der Waals surface area contributed by atoms with Crippen molar-refractivity contribution >= 4 is 38.9 Å². The maximum absolute atomic E-state index is 12.6. The zero-order valence-corrected chi connectivity index (χ0v) is 16.2. The first kappa shape index (κ1) is 19.2. The van der Waals surface area contributed by atoms with Crippen molar-refractivity contribution in [2.45, 2.75) is 4.90 Å². The zero-order chi connectivity index (χ0) is 19.6. The van der Waals surface area contributed by atoms with Crippen molar-refractivity contribution in [1.29, 1.82) is 0 Å². The molecule has 27 heavy (non-hydrogen) atoms. The number of benzene rings is 2. The Morgan fingerprint density at radius 3 is 2.41 bits per heavy atom. The second kappa shape index (κ2) is 7.59. The summed E-state index contributed by atoms with van der Waals surface area (Å²) in [6.07, 6.45) is 1.24. The molecule has 7 nitrogen and oxygen atoms in total. The molecule has 0 saturated heterocycles. The summed E-state index contributed by atoms with van der Waals surface area (Å²) in [6, 6.07) is 12.2. The van der Waals surface area contributed by atoms with Crippen molar-refractivity contribution in [2.75, 3.05) is 11.8 Å². The molecule has 1 N–H and O–H groups in total. The molecule has 140 valence electrons. The lowest BCUT2D eigenvalue weighted by atomic mass is 10.3. The van der Waals surface area contributed by atoms with Gasteiger partial charge in [-0.25, -0.2) is 8.42 Å². The number of hydrogen-bond donors (Lipinski definition) is 1. The van der Waals surface area contributed by atoms with E-state index in [1.807, 2.05) is 0 Å². The van der Waals surface area contributed by atoms with Crippen LogP contribution in [-0.4, -0.2) is 25.3 Å². The van der Waals surface area contributed by atoms with E-state index in [9.17, 15) is 13.2 Å². The summed E-state index contributed by atoms with van der Waals surface area (Å²) in [7, 11) is -2.41. The van der Waals surface area contributed by atoms with Crippen LogP contribution in [0, 0.1) is 0 Å². The minimum atomic E-state index is -3.85. The van der Waals surface area contributed by atoms with Crippen LogP contribution in [0.25, 0.3) is 5.69 Å². The molecule has 1 heterocycles. The number of anilines is 1. The molecule has 0 bridgehead atoms. The predicted molar refractivity (Wildman–Crippen MR) is 104 cm³/mol. The maximum atomic E-state index is 12.6. The van der Waals surface area contributed by atoms with Gasteiger partial charge in [-0.1, -0.05) is 35.3 Å². The van der Waals surface area contributed by atoms with Crippen molar-refractivity contribution in [3.8, 4) is 11.4 Å². The number of nitrogens with one attached hydrogen (secondary N) is 1. The van der Waals surface area contributed by atoms with Gasteiger partial charge in [-0.05, 0) is 36.4 Å². The van der Waals surface area contributed by atoms with Gasteiger partial charge in [0.2, 0.25) is 0 Å². The predicted octanol–water partition coefficient (Wildman–Crippen LogP) is 3.35. The normalized spacial score (nSPS) is 11.2. The Bertz CT molecular complexity index is 1150. The second-order valence-corrected chi connectivity index (χ2v) is 7.79. The quantitative estimate of drug-likeness (QED) is 0.676. The third-order valence-corrected chi connectivity index (χ3v) is 5.75. The molecule has 3 rings (SSSR count). The van der Waals surface area contributed by atoms with Crippen LogP contribution in [0.5, 0.6) is 5.75 Å². The van der Waals surface area contributed by atoms with Crippen LogP contribution in [0.1, 0.15) is 0 Å². The van der Waals surface area contributed by atoms with E-state index in [-0.39, 0.29) is 14.9 Å². The molecule has 10 heteroatoms. The van der Waals surface area contributed by atoms with Crippen LogP contribution >= 0.6 is 23.2 Å². The third kappa shape index (κ3) is 3.92. The first-order chi connectivity index (χ1) is 12.8. The van der Waals surface area contributed by atoms with Crippen LogP contribution < -0.4 is 15.0 Å². The Morgan fingerprint density at radius 2 is 1.74 bits per heavy atom. The Morgan fingerprint density at radius 1 is 1.07 bits per heavy atom. The molecule has 0 amide bonds. The van der Waals surface area contributed by atoms with Gasteiger partial charge in [0, 0.05) is 0 Å². The number of sulfonamides is 1. The van der Waals surface area contributed by atoms with E-state index in [1.54, 1.807) is 24.3 Å². The molecule has 0 aliphatic rings. The monoisotopic (exact) mass is 425 g/mol. The van der Waals surface area contributed by atoms with E-state index in [1.165, 1.54) is 37.6 Å². The molecule has 0 spiro atoms. The van der Waals surface area contributed by atoms with Gasteiger partial charge in [0.15, 0.2) is 0 Å². The molecule has 1 aromatic heterocycles. The van der Waals surface area contributed by atoms with Gasteiger partial charge in [-0.2, -0.15) is 9.78 Å². The highest BCUT2D eigenvalue weighted by Crippen LogP contribution is 2.26. The van der Waals surface area contributed by atoms with Gasteiger partial charge in [-0.15, -0.1) is 0 Å². The highest BCUT2D eigenvalue weighted by Gasteiger charge is 2.17. The van der Waals surface area contributed by atoms with Crippen molar-refractivity contribution in [1.82, 2.24) is 9.78 Å². The minimum absolute atomic E-state index is 0.00488. The number of para-hydroxylation sites is 2. The standard InChI is InChI=1S/C17H13Cl2N3O4S/c1-26-15-5-3-2-4-14(15)21-27(24,25)12-8-6-11(7-9-12)22-17(23)16(19)13(18)10-20-22/h2-10,21H,1H3. The number of aromatic nitrogens is 2. The Balaban J connectivity index is 1.93. The minimum Gasteiger partial charge on any atom is -0.495 e. The lowest BCUT2D eigenvalue weighted by Crippen LogP contribution is -2.21. The van der Waals surface area contributed by atoms with Crippen molar-refractivity contribution in [3.63, 3.8) is 0 Å². The van der Waals surface area contributed by atoms with Gasteiger partial charge in [0.1, 0.15) is 10.8 Å². The molecule has 0 aliphatic carbocycles. The number of methoxy groups -OCH3 is 1. The summed E-state index contributed by atoms with van der Waals surface area (Å²) in [5.74, 6) is 0.393. The first-order valence-corrected chi connectivity index (χ1v) is 9.77. The maximum Gasteiger partial charge on any atom is 0.291 e. The summed E-state index contributed by atoms with van der Waals surface area (Å²) in [5, 5.41) is 3.77. The van der Waals surface area contributed by atoms with Crippen molar-refractivity contribution in [2.24, 2.45) is 0 Å². The molecule has 0 aliphatic heterocycles. The highest BCUT2D eigenvalue weighted by molar-refractivity contribution is 7.92. The number of halogens is 2. The highest BCUT2D eigenvalue weighted by atomic mass is 35.5. The molecular formula is C17H13Cl2N3O4S. The fraction of sp³-hybridized carbons (Fsp3) is 0.0588. The fourth-order valence-corrected chi connectivity index (χ4v) is 3.62. The van der Waals surface area contributed by atoms with Crippen LogP contribution in [0.3, 0.4) is 0 Å². The molecule has 3 aromatic rings. The molecule has 0 radical (unpaired) electrons. The smallest absolute Gasteiger partial charge is 0.291 e. The summed E-state index contributed by atoms with van der Waals surface area (Å²) >= 11 is 11.6. The van der Waals surface area contributed by atoms with Gasteiger partial charge < -0.3 is 4.74 Å². The zero-order valence-electron chi connectivity index (χ0n) is 13.9. The summed E-state index contributed by atoms with van der Waals surface area (Å²) < 4.78 is 33.8. The molecule has 0 fully saturated rings. The van der Waals surface area contributed by atoms with E-state index < -0.39 is 15.6 Å². The topological polar surface area (TPSA) is 90.3 Å². The van der Waals surface area contributed by atoms with Gasteiger partial charge in [0.05, 0.1) is 34.6 Å². The van der Waals surface area contributed by atoms with Crippen molar-refractivity contribution < 1.29 is 13.2 Å². The Kier molecular flexibility index (Phi) is 5.41.